The summed E-state index contributed by atoms with van der Waals surface area (Å²) in [6.45, 7) is 0. The maximum absolute atomic E-state index is 11.1. The van der Waals surface area contributed by atoms with E-state index in [1.165, 1.54) is 24.2 Å². The molecule has 6 heteroatoms. The molecule has 0 bridgehead atoms. The summed E-state index contributed by atoms with van der Waals surface area (Å²) in [6.07, 6.45) is 2.96. The molecule has 0 aliphatic carbocycles. The minimum Gasteiger partial charge on any atom is -0.478 e. The first-order valence-corrected chi connectivity index (χ1v) is 5.88. The number of carboxylic acids is 1. The van der Waals surface area contributed by atoms with Gasteiger partial charge in [0.2, 0.25) is 0 Å². The molecular formula is C10H6BrNO3S. The Bertz CT molecular complexity index is 513. The van der Waals surface area contributed by atoms with Gasteiger partial charge in [-0.2, -0.15) is 0 Å². The quantitative estimate of drug-likeness (QED) is 0.942. The van der Waals surface area contributed by atoms with Gasteiger partial charge in [0, 0.05) is 9.37 Å². The second-order valence-corrected chi connectivity index (χ2v) is 4.67. The Morgan fingerprint density at radius 3 is 2.94 bits per heavy atom. The standard InChI is InChI=1S/C10H6BrNO3S/c11-6-2-1-3-7(8(6)9(13)14)16-10-12-4-5-15-10/h1-5H,(H,13,14). The Balaban J connectivity index is 2.40. The van der Waals surface area contributed by atoms with Gasteiger partial charge in [0.25, 0.3) is 5.22 Å². The van der Waals surface area contributed by atoms with E-state index in [1.807, 2.05) is 0 Å². The van der Waals surface area contributed by atoms with Gasteiger partial charge in [0.05, 0.1) is 11.8 Å². The summed E-state index contributed by atoms with van der Waals surface area (Å²) in [5.41, 5.74) is 0.214. The maximum atomic E-state index is 11.1. The molecule has 0 saturated heterocycles. The monoisotopic (exact) mass is 299 g/mol. The van der Waals surface area contributed by atoms with Crippen LogP contribution in [-0.2, 0) is 0 Å². The number of rotatable bonds is 3. The lowest BCUT2D eigenvalue weighted by Crippen LogP contribution is -1.99. The predicted octanol–water partition coefficient (Wildman–Crippen LogP) is 3.29. The number of aromatic nitrogens is 1. The predicted molar refractivity (Wildman–Crippen MR) is 61.7 cm³/mol. The fourth-order valence-electron chi connectivity index (χ4n) is 1.15. The molecule has 0 atom stereocenters. The summed E-state index contributed by atoms with van der Waals surface area (Å²) in [6, 6.07) is 5.16. The highest BCUT2D eigenvalue weighted by molar-refractivity contribution is 9.10. The number of carbonyl (C=O) groups is 1. The van der Waals surface area contributed by atoms with Gasteiger partial charge in [-0.1, -0.05) is 6.07 Å². The zero-order chi connectivity index (χ0) is 11.5. The van der Waals surface area contributed by atoms with Gasteiger partial charge in [-0.25, -0.2) is 9.78 Å². The van der Waals surface area contributed by atoms with E-state index in [0.717, 1.165) is 0 Å². The summed E-state index contributed by atoms with van der Waals surface area (Å²) in [5.74, 6) is -0.985. The molecule has 1 N–H and O–H groups in total. The number of halogens is 1. The molecular weight excluding hydrogens is 294 g/mol. The van der Waals surface area contributed by atoms with Gasteiger partial charge >= 0.3 is 5.97 Å². The van der Waals surface area contributed by atoms with Crippen LogP contribution in [0.15, 0.2) is 49.7 Å². The van der Waals surface area contributed by atoms with Crippen LogP contribution in [0.5, 0.6) is 0 Å². The maximum Gasteiger partial charge on any atom is 0.338 e. The van der Waals surface area contributed by atoms with Gasteiger partial charge in [-0.3, -0.25) is 0 Å². The van der Waals surface area contributed by atoms with Gasteiger partial charge in [-0.05, 0) is 39.8 Å². The second kappa shape index (κ2) is 4.71. The van der Waals surface area contributed by atoms with E-state index in [4.69, 9.17) is 9.52 Å². The highest BCUT2D eigenvalue weighted by atomic mass is 79.9. The van der Waals surface area contributed by atoms with Crippen LogP contribution in [0.3, 0.4) is 0 Å². The average Bonchev–Trinajstić information content (AvgIpc) is 2.70. The van der Waals surface area contributed by atoms with Crippen molar-refractivity contribution in [2.24, 2.45) is 0 Å². The molecule has 0 aliphatic heterocycles. The van der Waals surface area contributed by atoms with Crippen molar-refractivity contribution in [2.45, 2.75) is 10.1 Å². The van der Waals surface area contributed by atoms with Crippen molar-refractivity contribution in [1.82, 2.24) is 4.98 Å². The zero-order valence-electron chi connectivity index (χ0n) is 7.88. The third-order valence-corrected chi connectivity index (χ3v) is 3.39. The summed E-state index contributed by atoms with van der Waals surface area (Å²) < 4.78 is 5.59. The number of carboxylic acid groups (broad SMARTS) is 1. The summed E-state index contributed by atoms with van der Waals surface area (Å²) in [5, 5.41) is 9.50. The van der Waals surface area contributed by atoms with Gasteiger partial charge in [0.1, 0.15) is 6.26 Å². The fourth-order valence-corrected chi connectivity index (χ4v) is 2.67. The van der Waals surface area contributed by atoms with E-state index in [0.29, 0.717) is 14.6 Å². The minimum atomic E-state index is -0.985. The third-order valence-electron chi connectivity index (χ3n) is 1.80. The first kappa shape index (κ1) is 11.2. The van der Waals surface area contributed by atoms with Crippen LogP contribution in [0.2, 0.25) is 0 Å². The van der Waals surface area contributed by atoms with E-state index >= 15 is 0 Å². The largest absolute Gasteiger partial charge is 0.478 e. The Labute approximate surface area is 104 Å². The Hall–Kier alpha value is -1.27. The number of benzene rings is 1. The van der Waals surface area contributed by atoms with Crippen LogP contribution in [-0.4, -0.2) is 16.1 Å². The molecule has 1 aromatic carbocycles. The normalized spacial score (nSPS) is 10.3. The van der Waals surface area contributed by atoms with Crippen LogP contribution in [0.4, 0.5) is 0 Å². The van der Waals surface area contributed by atoms with Crippen LogP contribution in [0, 0.1) is 0 Å². The molecule has 0 fully saturated rings. The highest BCUT2D eigenvalue weighted by Gasteiger charge is 2.16. The summed E-state index contributed by atoms with van der Waals surface area (Å²) in [4.78, 5) is 15.6. The number of nitrogens with zero attached hydrogens (tertiary/aromatic N) is 1. The molecule has 0 aliphatic rings. The van der Waals surface area contributed by atoms with Crippen molar-refractivity contribution in [2.75, 3.05) is 0 Å². The number of aromatic carboxylic acids is 1. The summed E-state index contributed by atoms with van der Waals surface area (Å²) >= 11 is 4.38. The first-order valence-electron chi connectivity index (χ1n) is 4.27. The van der Waals surface area contributed by atoms with Gasteiger partial charge in [0.15, 0.2) is 0 Å². The fraction of sp³-hybridized carbons (Fsp3) is 0. The lowest BCUT2D eigenvalue weighted by molar-refractivity contribution is 0.0692. The van der Waals surface area contributed by atoms with E-state index in [-0.39, 0.29) is 5.56 Å². The van der Waals surface area contributed by atoms with E-state index in [2.05, 4.69) is 20.9 Å². The van der Waals surface area contributed by atoms with Crippen molar-refractivity contribution in [3.05, 3.63) is 40.7 Å². The van der Waals surface area contributed by atoms with Crippen LogP contribution in [0.1, 0.15) is 10.4 Å². The Kier molecular flexibility index (Phi) is 3.31. The van der Waals surface area contributed by atoms with Crippen LogP contribution < -0.4 is 0 Å². The lowest BCUT2D eigenvalue weighted by Gasteiger charge is -2.04. The molecule has 1 aromatic heterocycles. The summed E-state index contributed by atoms with van der Waals surface area (Å²) in [7, 11) is 0. The SMILES string of the molecule is O=C(O)c1c(Br)cccc1Sc1ncco1. The molecule has 4 nitrogen and oxygen atoms in total. The Morgan fingerprint density at radius 1 is 1.50 bits per heavy atom. The van der Waals surface area contributed by atoms with Crippen molar-refractivity contribution in [3.63, 3.8) is 0 Å². The molecule has 0 spiro atoms. The third kappa shape index (κ3) is 2.28. The number of hydrogen-bond acceptors (Lipinski definition) is 4. The smallest absolute Gasteiger partial charge is 0.338 e. The van der Waals surface area contributed by atoms with Crippen molar-refractivity contribution < 1.29 is 14.3 Å². The van der Waals surface area contributed by atoms with Crippen molar-refractivity contribution in [3.8, 4) is 0 Å². The molecule has 0 unspecified atom stereocenters. The van der Waals surface area contributed by atoms with E-state index in [1.54, 1.807) is 18.2 Å². The van der Waals surface area contributed by atoms with Crippen LogP contribution in [0.25, 0.3) is 0 Å². The Morgan fingerprint density at radius 2 is 2.31 bits per heavy atom. The molecule has 16 heavy (non-hydrogen) atoms. The molecule has 82 valence electrons. The molecule has 0 radical (unpaired) electrons. The van der Waals surface area contributed by atoms with Crippen molar-refractivity contribution >= 4 is 33.7 Å². The minimum absolute atomic E-state index is 0.214. The van der Waals surface area contributed by atoms with E-state index in [9.17, 15) is 4.79 Å². The molecule has 2 aromatic rings. The molecule has 0 saturated carbocycles. The molecule has 1 heterocycles. The number of hydrogen-bond donors (Lipinski definition) is 1. The van der Waals surface area contributed by atoms with E-state index < -0.39 is 5.97 Å². The second-order valence-electron chi connectivity index (χ2n) is 2.82. The number of oxazole rings is 1. The zero-order valence-corrected chi connectivity index (χ0v) is 10.3. The van der Waals surface area contributed by atoms with Crippen molar-refractivity contribution in [1.29, 1.82) is 0 Å². The van der Waals surface area contributed by atoms with Crippen LogP contribution >= 0.6 is 27.7 Å². The molecule has 0 amide bonds. The lowest BCUT2D eigenvalue weighted by atomic mass is 10.2. The molecule has 2 rings (SSSR count). The van der Waals surface area contributed by atoms with Gasteiger partial charge < -0.3 is 9.52 Å². The highest BCUT2D eigenvalue weighted by Crippen LogP contribution is 2.32. The first-order chi connectivity index (χ1) is 7.68. The van der Waals surface area contributed by atoms with Gasteiger partial charge in [-0.15, -0.1) is 0 Å². The topological polar surface area (TPSA) is 63.3 Å². The average molecular weight is 300 g/mol.